The molecule has 2 rings (SSSR count). The second-order valence-corrected chi connectivity index (χ2v) is 11.3. The van der Waals surface area contributed by atoms with Crippen molar-refractivity contribution in [2.24, 2.45) is 5.92 Å². The van der Waals surface area contributed by atoms with E-state index in [1.165, 1.54) is 4.90 Å². The van der Waals surface area contributed by atoms with Crippen LogP contribution in [0, 0.1) is 12.8 Å². The normalized spacial score (nSPS) is 12.3. The summed E-state index contributed by atoms with van der Waals surface area (Å²) in [6, 6.07) is 13.5. The number of rotatable bonds is 10. The Balaban J connectivity index is 2.36. The second-order valence-electron chi connectivity index (χ2n) is 8.51. The number of nitrogens with one attached hydrogen (secondary N) is 1. The number of sulfonamides is 1. The summed E-state index contributed by atoms with van der Waals surface area (Å²) in [6.07, 6.45) is 1.06. The van der Waals surface area contributed by atoms with Crippen LogP contribution in [-0.4, -0.2) is 50.5 Å². The summed E-state index contributed by atoms with van der Waals surface area (Å²) in [5, 5.41) is 2.87. The van der Waals surface area contributed by atoms with Crippen LogP contribution >= 0.6 is 15.9 Å². The van der Waals surface area contributed by atoms with Gasteiger partial charge in [-0.05, 0) is 55.2 Å². The molecular formula is C24H32BrN3O4S. The van der Waals surface area contributed by atoms with E-state index in [1.807, 2.05) is 45.0 Å². The molecule has 0 spiro atoms. The molecule has 2 aromatic rings. The van der Waals surface area contributed by atoms with Gasteiger partial charge in [-0.2, -0.15) is 0 Å². The molecule has 0 unspecified atom stereocenters. The third kappa shape index (κ3) is 7.85. The number of carbonyl (C=O) groups excluding carboxylic acids is 2. The summed E-state index contributed by atoms with van der Waals surface area (Å²) in [6.45, 7) is 7.85. The zero-order chi connectivity index (χ0) is 24.8. The number of nitrogens with zero attached hydrogens (tertiary/aromatic N) is 2. The Hall–Kier alpha value is -2.39. The highest BCUT2D eigenvalue weighted by Gasteiger charge is 2.30. The molecule has 0 aliphatic carbocycles. The predicted molar refractivity (Wildman–Crippen MR) is 135 cm³/mol. The van der Waals surface area contributed by atoms with Crippen molar-refractivity contribution in [3.63, 3.8) is 0 Å². The topological polar surface area (TPSA) is 86.8 Å². The molecule has 180 valence electrons. The van der Waals surface area contributed by atoms with Gasteiger partial charge in [0, 0.05) is 17.6 Å². The van der Waals surface area contributed by atoms with Crippen molar-refractivity contribution in [2.75, 3.05) is 23.7 Å². The third-order valence-electron chi connectivity index (χ3n) is 5.25. The number of carbonyl (C=O) groups is 2. The molecule has 0 saturated heterocycles. The monoisotopic (exact) mass is 537 g/mol. The summed E-state index contributed by atoms with van der Waals surface area (Å²) < 4.78 is 26.9. The fraction of sp³-hybridized carbons (Fsp3) is 0.417. The lowest BCUT2D eigenvalue weighted by molar-refractivity contribution is -0.139. The van der Waals surface area contributed by atoms with Crippen molar-refractivity contribution in [2.45, 2.75) is 40.3 Å². The molecule has 0 radical (unpaired) electrons. The molecule has 1 atom stereocenters. The molecule has 0 aliphatic rings. The van der Waals surface area contributed by atoms with Crippen LogP contribution in [0.25, 0.3) is 0 Å². The van der Waals surface area contributed by atoms with Crippen LogP contribution in [0.1, 0.15) is 31.9 Å². The van der Waals surface area contributed by atoms with E-state index in [1.54, 1.807) is 31.2 Å². The molecule has 1 N–H and O–H groups in total. The molecule has 2 aromatic carbocycles. The van der Waals surface area contributed by atoms with E-state index in [2.05, 4.69) is 21.2 Å². The molecule has 7 nitrogen and oxygen atoms in total. The van der Waals surface area contributed by atoms with Crippen molar-refractivity contribution in [1.29, 1.82) is 0 Å². The van der Waals surface area contributed by atoms with E-state index in [-0.39, 0.29) is 18.4 Å². The van der Waals surface area contributed by atoms with Crippen LogP contribution in [0.15, 0.2) is 53.0 Å². The van der Waals surface area contributed by atoms with Gasteiger partial charge in [0.05, 0.1) is 11.9 Å². The highest BCUT2D eigenvalue weighted by atomic mass is 79.9. The average molecular weight is 539 g/mol. The standard InChI is InChI=1S/C24H32BrN3O4S/c1-17(2)14-26-24(30)19(4)27(15-20-9-7-6-8-18(20)3)23(29)16-28(33(5,31)32)22-12-10-21(25)11-13-22/h6-13,17,19H,14-16H2,1-5H3,(H,26,30)/t19-/m0/s1. The van der Waals surface area contributed by atoms with Crippen LogP contribution in [0.4, 0.5) is 5.69 Å². The lowest BCUT2D eigenvalue weighted by Crippen LogP contribution is -2.51. The maximum absolute atomic E-state index is 13.5. The highest BCUT2D eigenvalue weighted by Crippen LogP contribution is 2.22. The number of anilines is 1. The Bertz CT molecular complexity index is 1070. The van der Waals surface area contributed by atoms with E-state index >= 15 is 0 Å². The number of benzene rings is 2. The quantitative estimate of drug-likeness (QED) is 0.500. The summed E-state index contributed by atoms with van der Waals surface area (Å²) in [5.41, 5.74) is 2.25. The minimum atomic E-state index is -3.74. The van der Waals surface area contributed by atoms with Crippen molar-refractivity contribution in [1.82, 2.24) is 10.2 Å². The van der Waals surface area contributed by atoms with Gasteiger partial charge in [0.2, 0.25) is 21.8 Å². The van der Waals surface area contributed by atoms with Crippen LogP contribution in [0.5, 0.6) is 0 Å². The summed E-state index contributed by atoms with van der Waals surface area (Å²) in [7, 11) is -3.74. The molecule has 2 amide bonds. The molecule has 0 aliphatic heterocycles. The van der Waals surface area contributed by atoms with Crippen LogP contribution in [0.2, 0.25) is 0 Å². The zero-order valence-corrected chi connectivity index (χ0v) is 22.1. The maximum atomic E-state index is 13.5. The lowest BCUT2D eigenvalue weighted by Gasteiger charge is -2.32. The predicted octanol–water partition coefficient (Wildman–Crippen LogP) is 3.71. The first-order chi connectivity index (χ1) is 15.4. The summed E-state index contributed by atoms with van der Waals surface area (Å²) >= 11 is 3.34. The first-order valence-electron chi connectivity index (χ1n) is 10.7. The van der Waals surface area contributed by atoms with E-state index in [4.69, 9.17) is 0 Å². The summed E-state index contributed by atoms with van der Waals surface area (Å²) in [5.74, 6) is -0.473. The molecule has 33 heavy (non-hydrogen) atoms. The van der Waals surface area contributed by atoms with Crippen molar-refractivity contribution >= 4 is 43.5 Å². The molecular weight excluding hydrogens is 506 g/mol. The highest BCUT2D eigenvalue weighted by molar-refractivity contribution is 9.10. The maximum Gasteiger partial charge on any atom is 0.244 e. The smallest absolute Gasteiger partial charge is 0.244 e. The molecule has 9 heteroatoms. The van der Waals surface area contributed by atoms with Gasteiger partial charge < -0.3 is 10.2 Å². The average Bonchev–Trinajstić information content (AvgIpc) is 2.74. The molecule has 0 heterocycles. The van der Waals surface area contributed by atoms with Gasteiger partial charge in [-0.1, -0.05) is 54.0 Å². The van der Waals surface area contributed by atoms with E-state index in [0.717, 1.165) is 26.2 Å². The van der Waals surface area contributed by atoms with Gasteiger partial charge in [-0.25, -0.2) is 8.42 Å². The largest absolute Gasteiger partial charge is 0.354 e. The Morgan fingerprint density at radius 2 is 1.64 bits per heavy atom. The van der Waals surface area contributed by atoms with Crippen LogP contribution in [0.3, 0.4) is 0 Å². The third-order valence-corrected chi connectivity index (χ3v) is 6.92. The number of amides is 2. The van der Waals surface area contributed by atoms with Gasteiger partial charge >= 0.3 is 0 Å². The molecule has 0 saturated carbocycles. The summed E-state index contributed by atoms with van der Waals surface area (Å²) in [4.78, 5) is 27.7. The van der Waals surface area contributed by atoms with E-state index in [9.17, 15) is 18.0 Å². The Morgan fingerprint density at radius 1 is 1.03 bits per heavy atom. The van der Waals surface area contributed by atoms with E-state index in [0.29, 0.717) is 12.2 Å². The van der Waals surface area contributed by atoms with E-state index < -0.39 is 28.5 Å². The Labute approximate surface area is 205 Å². The minimum absolute atomic E-state index is 0.194. The number of hydrogen-bond donors (Lipinski definition) is 1. The Kier molecular flexibility index (Phi) is 9.48. The first kappa shape index (κ1) is 26.9. The molecule has 0 bridgehead atoms. The van der Waals surface area contributed by atoms with Crippen LogP contribution < -0.4 is 9.62 Å². The lowest BCUT2D eigenvalue weighted by atomic mass is 10.1. The van der Waals surface area contributed by atoms with Gasteiger partial charge in [-0.3, -0.25) is 13.9 Å². The molecule has 0 aromatic heterocycles. The second kappa shape index (κ2) is 11.7. The van der Waals surface area contributed by atoms with Gasteiger partial charge in [0.15, 0.2) is 0 Å². The Morgan fingerprint density at radius 3 is 2.18 bits per heavy atom. The molecule has 0 fully saturated rings. The van der Waals surface area contributed by atoms with Crippen molar-refractivity contribution in [3.8, 4) is 0 Å². The van der Waals surface area contributed by atoms with Gasteiger partial charge in [0.1, 0.15) is 12.6 Å². The number of hydrogen-bond acceptors (Lipinski definition) is 4. The van der Waals surface area contributed by atoms with Crippen LogP contribution in [-0.2, 0) is 26.2 Å². The zero-order valence-electron chi connectivity index (χ0n) is 19.7. The van der Waals surface area contributed by atoms with Crippen molar-refractivity contribution < 1.29 is 18.0 Å². The fourth-order valence-corrected chi connectivity index (χ4v) is 4.34. The SMILES string of the molecule is Cc1ccccc1CN(C(=O)CN(c1ccc(Br)cc1)S(C)(=O)=O)[C@@H](C)C(=O)NCC(C)C. The van der Waals surface area contributed by atoms with Gasteiger partial charge in [0.25, 0.3) is 0 Å². The van der Waals surface area contributed by atoms with Gasteiger partial charge in [-0.15, -0.1) is 0 Å². The first-order valence-corrected chi connectivity index (χ1v) is 13.4. The number of aryl methyl sites for hydroxylation is 1. The van der Waals surface area contributed by atoms with Crippen molar-refractivity contribution in [3.05, 3.63) is 64.1 Å². The number of halogens is 1. The minimum Gasteiger partial charge on any atom is -0.354 e. The fourth-order valence-electron chi connectivity index (χ4n) is 3.23.